The van der Waals surface area contributed by atoms with Crippen molar-refractivity contribution in [1.82, 2.24) is 14.8 Å². The number of halogens is 1. The summed E-state index contributed by atoms with van der Waals surface area (Å²) in [6, 6.07) is 3.35. The highest BCUT2D eigenvalue weighted by molar-refractivity contribution is 6.30. The first-order valence-electron chi connectivity index (χ1n) is 8.35. The van der Waals surface area contributed by atoms with E-state index < -0.39 is 0 Å². The molecule has 1 aliphatic carbocycles. The van der Waals surface area contributed by atoms with Crippen LogP contribution in [0, 0.1) is 5.92 Å². The Morgan fingerprint density at radius 1 is 1.18 bits per heavy atom. The van der Waals surface area contributed by atoms with Crippen LogP contribution in [0.5, 0.6) is 0 Å². The number of carbonyl (C=O) groups excluding carboxylic acids is 1. The Hall–Kier alpha value is -1.13. The Bertz CT molecular complexity index is 508. The third-order valence-electron chi connectivity index (χ3n) is 4.84. The summed E-state index contributed by atoms with van der Waals surface area (Å²) in [5, 5.41) is 0.564. The molecule has 120 valence electrons. The van der Waals surface area contributed by atoms with E-state index in [1.807, 2.05) is 4.90 Å². The molecular weight excluding hydrogens is 298 g/mol. The minimum atomic E-state index is -0.000170. The fraction of sp³-hybridized carbons (Fsp3) is 0.647. The number of amides is 1. The molecule has 2 fully saturated rings. The van der Waals surface area contributed by atoms with Gasteiger partial charge in [0.2, 0.25) is 0 Å². The Morgan fingerprint density at radius 3 is 2.59 bits per heavy atom. The van der Waals surface area contributed by atoms with Gasteiger partial charge in [0.25, 0.3) is 5.91 Å². The van der Waals surface area contributed by atoms with Crippen LogP contribution >= 0.6 is 11.6 Å². The highest BCUT2D eigenvalue weighted by Gasteiger charge is 2.25. The molecule has 1 aliphatic heterocycles. The molecule has 1 saturated heterocycles. The lowest BCUT2D eigenvalue weighted by Gasteiger charge is -2.37. The van der Waals surface area contributed by atoms with E-state index in [1.165, 1.54) is 38.6 Å². The van der Waals surface area contributed by atoms with Crippen molar-refractivity contribution in [2.75, 3.05) is 32.7 Å². The van der Waals surface area contributed by atoms with Gasteiger partial charge in [0, 0.05) is 43.9 Å². The van der Waals surface area contributed by atoms with Crippen molar-refractivity contribution in [3.05, 3.63) is 29.0 Å². The predicted octanol–water partition coefficient (Wildman–Crippen LogP) is 3.07. The number of hydrogen-bond donors (Lipinski definition) is 0. The maximum atomic E-state index is 12.4. The lowest BCUT2D eigenvalue weighted by Crippen LogP contribution is -2.50. The second kappa shape index (κ2) is 7.42. The molecule has 1 aromatic heterocycles. The van der Waals surface area contributed by atoms with Gasteiger partial charge in [-0.2, -0.15) is 0 Å². The van der Waals surface area contributed by atoms with Gasteiger partial charge in [-0.25, -0.2) is 0 Å². The van der Waals surface area contributed by atoms with Crippen LogP contribution in [0.15, 0.2) is 18.3 Å². The van der Waals surface area contributed by atoms with Gasteiger partial charge in [-0.1, -0.05) is 30.9 Å². The maximum Gasteiger partial charge on any atom is 0.272 e. The van der Waals surface area contributed by atoms with Crippen LogP contribution in [0.3, 0.4) is 0 Å². The van der Waals surface area contributed by atoms with Crippen molar-refractivity contribution >= 4 is 17.5 Å². The first-order chi connectivity index (χ1) is 10.7. The molecule has 0 N–H and O–H groups in total. The fourth-order valence-electron chi connectivity index (χ4n) is 3.55. The summed E-state index contributed by atoms with van der Waals surface area (Å²) >= 11 is 5.94. The molecule has 0 atom stereocenters. The smallest absolute Gasteiger partial charge is 0.272 e. The van der Waals surface area contributed by atoms with Crippen molar-refractivity contribution in [3.63, 3.8) is 0 Å². The quantitative estimate of drug-likeness (QED) is 0.858. The standard InChI is InChI=1S/C17H24ClN3O/c18-15-6-7-19-16(12-15)17(22)21-10-8-20(9-11-21)13-14-4-2-1-3-5-14/h6-7,12,14H,1-5,8-11,13H2. The van der Waals surface area contributed by atoms with Crippen molar-refractivity contribution in [3.8, 4) is 0 Å². The predicted molar refractivity (Wildman–Crippen MR) is 88.2 cm³/mol. The third-order valence-corrected chi connectivity index (χ3v) is 5.08. The summed E-state index contributed by atoms with van der Waals surface area (Å²) in [5.74, 6) is 0.866. The van der Waals surface area contributed by atoms with Gasteiger partial charge < -0.3 is 4.90 Å². The van der Waals surface area contributed by atoms with Crippen LogP contribution in [0.25, 0.3) is 0 Å². The van der Waals surface area contributed by atoms with Crippen LogP contribution in [-0.2, 0) is 0 Å². The zero-order chi connectivity index (χ0) is 15.4. The average molecular weight is 322 g/mol. The van der Waals surface area contributed by atoms with Crippen molar-refractivity contribution in [1.29, 1.82) is 0 Å². The van der Waals surface area contributed by atoms with E-state index in [0.717, 1.165) is 32.1 Å². The number of aromatic nitrogens is 1. The van der Waals surface area contributed by atoms with Gasteiger partial charge >= 0.3 is 0 Å². The van der Waals surface area contributed by atoms with E-state index in [4.69, 9.17) is 11.6 Å². The van der Waals surface area contributed by atoms with Gasteiger partial charge in [0.1, 0.15) is 5.69 Å². The molecule has 1 amide bonds. The molecule has 0 bridgehead atoms. The lowest BCUT2D eigenvalue weighted by molar-refractivity contribution is 0.0600. The SMILES string of the molecule is O=C(c1cc(Cl)ccn1)N1CCN(CC2CCCCC2)CC1. The van der Waals surface area contributed by atoms with E-state index in [9.17, 15) is 4.79 Å². The van der Waals surface area contributed by atoms with Crippen molar-refractivity contribution in [2.24, 2.45) is 5.92 Å². The topological polar surface area (TPSA) is 36.4 Å². The van der Waals surface area contributed by atoms with Crippen LogP contribution < -0.4 is 0 Å². The summed E-state index contributed by atoms with van der Waals surface area (Å²) < 4.78 is 0. The zero-order valence-electron chi connectivity index (χ0n) is 13.0. The Balaban J connectivity index is 1.49. The molecule has 22 heavy (non-hydrogen) atoms. The summed E-state index contributed by atoms with van der Waals surface area (Å²) in [6.07, 6.45) is 8.55. The summed E-state index contributed by atoms with van der Waals surface area (Å²) in [4.78, 5) is 21.0. The molecule has 1 aromatic rings. The minimum absolute atomic E-state index is 0.000170. The second-order valence-corrected chi connectivity index (χ2v) is 6.89. The van der Waals surface area contributed by atoms with E-state index in [0.29, 0.717) is 10.7 Å². The third kappa shape index (κ3) is 3.99. The van der Waals surface area contributed by atoms with E-state index in [-0.39, 0.29) is 5.91 Å². The number of carbonyl (C=O) groups is 1. The molecule has 2 aliphatic rings. The molecule has 2 heterocycles. The molecular formula is C17H24ClN3O. The Kier molecular flexibility index (Phi) is 5.32. The molecule has 3 rings (SSSR count). The van der Waals surface area contributed by atoms with E-state index in [2.05, 4.69) is 9.88 Å². The van der Waals surface area contributed by atoms with Crippen LogP contribution in [0.2, 0.25) is 5.02 Å². The van der Waals surface area contributed by atoms with Crippen LogP contribution in [-0.4, -0.2) is 53.4 Å². The number of hydrogen-bond acceptors (Lipinski definition) is 3. The molecule has 5 heteroatoms. The fourth-order valence-corrected chi connectivity index (χ4v) is 3.71. The molecule has 0 radical (unpaired) electrons. The van der Waals surface area contributed by atoms with Crippen LogP contribution in [0.4, 0.5) is 0 Å². The first-order valence-corrected chi connectivity index (χ1v) is 8.73. The van der Waals surface area contributed by atoms with Gasteiger partial charge in [-0.15, -0.1) is 0 Å². The number of pyridine rings is 1. The number of rotatable bonds is 3. The Morgan fingerprint density at radius 2 is 1.91 bits per heavy atom. The average Bonchev–Trinajstić information content (AvgIpc) is 2.56. The first kappa shape index (κ1) is 15.8. The number of piperazine rings is 1. The van der Waals surface area contributed by atoms with Gasteiger partial charge in [0.15, 0.2) is 0 Å². The summed E-state index contributed by atoms with van der Waals surface area (Å²) in [6.45, 7) is 4.74. The lowest BCUT2D eigenvalue weighted by atomic mass is 9.89. The Labute approximate surface area is 137 Å². The summed E-state index contributed by atoms with van der Waals surface area (Å²) in [7, 11) is 0. The maximum absolute atomic E-state index is 12.4. The highest BCUT2D eigenvalue weighted by Crippen LogP contribution is 2.24. The zero-order valence-corrected chi connectivity index (χ0v) is 13.8. The van der Waals surface area contributed by atoms with Crippen LogP contribution in [0.1, 0.15) is 42.6 Å². The normalized spacial score (nSPS) is 21.0. The van der Waals surface area contributed by atoms with Gasteiger partial charge in [-0.3, -0.25) is 14.7 Å². The summed E-state index contributed by atoms with van der Waals surface area (Å²) in [5.41, 5.74) is 0.452. The monoisotopic (exact) mass is 321 g/mol. The van der Waals surface area contributed by atoms with Crippen molar-refractivity contribution in [2.45, 2.75) is 32.1 Å². The molecule has 4 nitrogen and oxygen atoms in total. The minimum Gasteiger partial charge on any atom is -0.335 e. The largest absolute Gasteiger partial charge is 0.335 e. The van der Waals surface area contributed by atoms with Gasteiger partial charge in [0.05, 0.1) is 0 Å². The highest BCUT2D eigenvalue weighted by atomic mass is 35.5. The molecule has 0 spiro atoms. The molecule has 1 saturated carbocycles. The van der Waals surface area contributed by atoms with E-state index in [1.54, 1.807) is 18.3 Å². The molecule has 0 aromatic carbocycles. The number of nitrogens with zero attached hydrogens (tertiary/aromatic N) is 3. The van der Waals surface area contributed by atoms with E-state index >= 15 is 0 Å². The second-order valence-electron chi connectivity index (χ2n) is 6.46. The molecule has 0 unspecified atom stereocenters. The van der Waals surface area contributed by atoms with Gasteiger partial charge in [-0.05, 0) is 30.9 Å². The van der Waals surface area contributed by atoms with Crippen molar-refractivity contribution < 1.29 is 4.79 Å².